The van der Waals surface area contributed by atoms with Crippen molar-refractivity contribution in [3.05, 3.63) is 23.8 Å². The molecular weight excluding hydrogens is 386 g/mol. The number of carbonyl (C=O) groups excluding carboxylic acids is 3. The SMILES string of the molecule is CCC(=O)Nc1ccc2c(c1)OC[C@H](C)N(C(C)=O)C[C@@H](C)[C@H](OC)CN(C)C2=O. The Kier molecular flexibility index (Phi) is 8.23. The van der Waals surface area contributed by atoms with Gasteiger partial charge in [0, 0.05) is 58.3 Å². The molecule has 0 bridgehead atoms. The van der Waals surface area contributed by atoms with Crippen molar-refractivity contribution >= 4 is 23.4 Å². The molecule has 0 saturated carbocycles. The second-order valence-electron chi connectivity index (χ2n) is 7.88. The van der Waals surface area contributed by atoms with Crippen molar-refractivity contribution in [2.45, 2.75) is 46.3 Å². The summed E-state index contributed by atoms with van der Waals surface area (Å²) in [4.78, 5) is 40.5. The summed E-state index contributed by atoms with van der Waals surface area (Å²) in [5.41, 5.74) is 0.958. The first kappa shape index (κ1) is 23.7. The van der Waals surface area contributed by atoms with Crippen molar-refractivity contribution in [3.63, 3.8) is 0 Å². The van der Waals surface area contributed by atoms with Gasteiger partial charge in [-0.1, -0.05) is 13.8 Å². The summed E-state index contributed by atoms with van der Waals surface area (Å²) in [6, 6.07) is 4.80. The van der Waals surface area contributed by atoms with Crippen LogP contribution in [-0.4, -0.2) is 73.5 Å². The number of amides is 3. The van der Waals surface area contributed by atoms with Gasteiger partial charge in [0.1, 0.15) is 12.4 Å². The fourth-order valence-electron chi connectivity index (χ4n) is 3.54. The molecule has 3 atom stereocenters. The number of hydrogen-bond acceptors (Lipinski definition) is 5. The molecule has 0 fully saturated rings. The third kappa shape index (κ3) is 5.72. The molecule has 30 heavy (non-hydrogen) atoms. The summed E-state index contributed by atoms with van der Waals surface area (Å²) < 4.78 is 11.6. The molecule has 1 aromatic carbocycles. The van der Waals surface area contributed by atoms with Crippen LogP contribution in [0.25, 0.3) is 0 Å². The van der Waals surface area contributed by atoms with E-state index in [1.165, 1.54) is 0 Å². The number of rotatable bonds is 3. The molecule has 0 aromatic heterocycles. The molecule has 1 aliphatic heterocycles. The summed E-state index contributed by atoms with van der Waals surface area (Å²) >= 11 is 0. The van der Waals surface area contributed by atoms with E-state index in [1.54, 1.807) is 56.0 Å². The van der Waals surface area contributed by atoms with Crippen LogP contribution in [0.2, 0.25) is 0 Å². The molecule has 8 nitrogen and oxygen atoms in total. The normalized spacial score (nSPS) is 23.0. The number of hydrogen-bond donors (Lipinski definition) is 1. The largest absolute Gasteiger partial charge is 0.491 e. The van der Waals surface area contributed by atoms with Crippen LogP contribution in [-0.2, 0) is 14.3 Å². The average Bonchev–Trinajstić information content (AvgIpc) is 2.72. The lowest BCUT2D eigenvalue weighted by atomic mass is 10.0. The zero-order valence-corrected chi connectivity index (χ0v) is 18.7. The van der Waals surface area contributed by atoms with E-state index < -0.39 is 0 Å². The topological polar surface area (TPSA) is 88.2 Å². The highest BCUT2D eigenvalue weighted by molar-refractivity contribution is 5.98. The van der Waals surface area contributed by atoms with Crippen molar-refractivity contribution in [1.29, 1.82) is 0 Å². The molecule has 0 saturated heterocycles. The van der Waals surface area contributed by atoms with Crippen molar-refractivity contribution in [2.75, 3.05) is 39.2 Å². The molecule has 0 aliphatic carbocycles. The zero-order valence-electron chi connectivity index (χ0n) is 18.7. The first-order chi connectivity index (χ1) is 14.2. The summed E-state index contributed by atoms with van der Waals surface area (Å²) in [5.74, 6) is 0.0446. The van der Waals surface area contributed by atoms with Crippen LogP contribution in [0.4, 0.5) is 5.69 Å². The average molecular weight is 420 g/mol. The maximum atomic E-state index is 13.1. The lowest BCUT2D eigenvalue weighted by Gasteiger charge is -2.35. The minimum absolute atomic E-state index is 0.0297. The van der Waals surface area contributed by atoms with Crippen LogP contribution in [0, 0.1) is 5.92 Å². The Bertz CT molecular complexity index is 782. The standard InChI is InChI=1S/C22H33N3O5/c1-7-21(27)23-17-8-9-18-19(10-17)30-13-15(3)25(16(4)26)11-14(2)20(29-6)12-24(5)22(18)28/h8-10,14-15,20H,7,11-13H2,1-6H3,(H,23,27)/t14-,15+,20-/m1/s1. The highest BCUT2D eigenvalue weighted by atomic mass is 16.5. The molecule has 0 radical (unpaired) electrons. The molecule has 2 rings (SSSR count). The van der Waals surface area contributed by atoms with Crippen molar-refractivity contribution in [2.24, 2.45) is 5.92 Å². The van der Waals surface area contributed by atoms with Gasteiger partial charge in [0.05, 0.1) is 17.7 Å². The van der Waals surface area contributed by atoms with Gasteiger partial charge in [-0.2, -0.15) is 0 Å². The Labute approximate surface area is 178 Å². The zero-order chi connectivity index (χ0) is 22.4. The predicted octanol–water partition coefficient (Wildman–Crippen LogP) is 2.39. The lowest BCUT2D eigenvalue weighted by Crippen LogP contribution is -2.48. The van der Waals surface area contributed by atoms with Gasteiger partial charge in [0.15, 0.2) is 0 Å². The number of carbonyl (C=O) groups is 3. The Morgan fingerprint density at radius 3 is 2.57 bits per heavy atom. The van der Waals surface area contributed by atoms with Gasteiger partial charge in [-0.3, -0.25) is 14.4 Å². The molecule has 1 N–H and O–H groups in total. The first-order valence-corrected chi connectivity index (χ1v) is 10.3. The fourth-order valence-corrected chi connectivity index (χ4v) is 3.54. The van der Waals surface area contributed by atoms with Crippen molar-refractivity contribution < 1.29 is 23.9 Å². The van der Waals surface area contributed by atoms with Crippen LogP contribution in [0.5, 0.6) is 5.75 Å². The molecule has 8 heteroatoms. The van der Waals surface area contributed by atoms with Crippen LogP contribution in [0.15, 0.2) is 18.2 Å². The fraction of sp³-hybridized carbons (Fsp3) is 0.591. The minimum atomic E-state index is -0.222. The smallest absolute Gasteiger partial charge is 0.257 e. The maximum absolute atomic E-state index is 13.1. The van der Waals surface area contributed by atoms with E-state index in [0.29, 0.717) is 36.5 Å². The highest BCUT2D eigenvalue weighted by Gasteiger charge is 2.29. The van der Waals surface area contributed by atoms with Gasteiger partial charge < -0.3 is 24.6 Å². The number of benzene rings is 1. The monoisotopic (exact) mass is 419 g/mol. The van der Waals surface area contributed by atoms with Gasteiger partial charge >= 0.3 is 0 Å². The van der Waals surface area contributed by atoms with E-state index >= 15 is 0 Å². The number of nitrogens with zero attached hydrogens (tertiary/aromatic N) is 2. The van der Waals surface area contributed by atoms with E-state index in [0.717, 1.165) is 0 Å². The van der Waals surface area contributed by atoms with Crippen LogP contribution < -0.4 is 10.1 Å². The Hall–Kier alpha value is -2.61. The predicted molar refractivity (Wildman–Crippen MR) is 115 cm³/mol. The quantitative estimate of drug-likeness (QED) is 0.813. The lowest BCUT2D eigenvalue weighted by molar-refractivity contribution is -0.133. The first-order valence-electron chi connectivity index (χ1n) is 10.3. The molecule has 3 amide bonds. The summed E-state index contributed by atoms with van der Waals surface area (Å²) in [6.45, 7) is 8.34. The van der Waals surface area contributed by atoms with E-state index in [-0.39, 0.29) is 42.4 Å². The molecule has 0 unspecified atom stereocenters. The molecule has 1 heterocycles. The van der Waals surface area contributed by atoms with Crippen molar-refractivity contribution in [1.82, 2.24) is 9.80 Å². The molecule has 1 aliphatic rings. The number of ether oxygens (including phenoxy) is 2. The number of anilines is 1. The summed E-state index contributed by atoms with van der Waals surface area (Å²) in [5, 5.41) is 2.79. The number of nitrogens with one attached hydrogen (secondary N) is 1. The van der Waals surface area contributed by atoms with Crippen LogP contribution in [0.1, 0.15) is 44.5 Å². The second kappa shape index (κ2) is 10.4. The second-order valence-corrected chi connectivity index (χ2v) is 7.88. The van der Waals surface area contributed by atoms with Gasteiger partial charge in [0.2, 0.25) is 11.8 Å². The van der Waals surface area contributed by atoms with Crippen LogP contribution >= 0.6 is 0 Å². The molecular formula is C22H33N3O5. The van der Waals surface area contributed by atoms with E-state index in [4.69, 9.17) is 9.47 Å². The maximum Gasteiger partial charge on any atom is 0.257 e. The molecule has 0 spiro atoms. The van der Waals surface area contributed by atoms with E-state index in [9.17, 15) is 14.4 Å². The Morgan fingerprint density at radius 1 is 1.27 bits per heavy atom. The van der Waals surface area contributed by atoms with E-state index in [2.05, 4.69) is 5.32 Å². The van der Waals surface area contributed by atoms with Gasteiger partial charge in [-0.05, 0) is 19.1 Å². The summed E-state index contributed by atoms with van der Waals surface area (Å²) in [7, 11) is 3.33. The third-order valence-electron chi connectivity index (χ3n) is 5.46. The van der Waals surface area contributed by atoms with Gasteiger partial charge in [0.25, 0.3) is 5.91 Å². The minimum Gasteiger partial charge on any atom is -0.491 e. The summed E-state index contributed by atoms with van der Waals surface area (Å²) in [6.07, 6.45) is 0.126. The Balaban J connectivity index is 2.44. The van der Waals surface area contributed by atoms with Gasteiger partial charge in [-0.15, -0.1) is 0 Å². The number of fused-ring (bicyclic) bond motifs is 1. The third-order valence-corrected chi connectivity index (χ3v) is 5.46. The number of methoxy groups -OCH3 is 1. The van der Waals surface area contributed by atoms with Crippen molar-refractivity contribution in [3.8, 4) is 5.75 Å². The molecule has 166 valence electrons. The van der Waals surface area contributed by atoms with Crippen LogP contribution in [0.3, 0.4) is 0 Å². The van der Waals surface area contributed by atoms with Gasteiger partial charge in [-0.25, -0.2) is 0 Å². The van der Waals surface area contributed by atoms with E-state index in [1.807, 2.05) is 13.8 Å². The molecule has 1 aromatic rings. The highest BCUT2D eigenvalue weighted by Crippen LogP contribution is 2.27. The Morgan fingerprint density at radius 2 is 1.97 bits per heavy atom. The number of likely N-dealkylation sites (N-methyl/N-ethyl adjacent to an activating group) is 1.